The van der Waals surface area contributed by atoms with Gasteiger partial charge in [-0.15, -0.1) is 0 Å². The van der Waals surface area contributed by atoms with Crippen LogP contribution in [0.3, 0.4) is 0 Å². The standard InChI is InChI=1S/C16H20FNO6S/c1-3-24-16(21)11-7-12(17)9-13(8-11)25(22,23)18-6-4-5-14(10(18)2)15(19)20/h7-10,14H,3-6H2,1-2H3,(H,19,20)/t10-,14-/m0/s1. The minimum Gasteiger partial charge on any atom is -0.481 e. The zero-order valence-electron chi connectivity index (χ0n) is 13.9. The third-order valence-corrected chi connectivity index (χ3v) is 6.20. The van der Waals surface area contributed by atoms with Crippen molar-refractivity contribution < 1.29 is 32.2 Å². The summed E-state index contributed by atoms with van der Waals surface area (Å²) in [5.41, 5.74) is -0.208. The van der Waals surface area contributed by atoms with E-state index in [-0.39, 0.29) is 18.7 Å². The zero-order chi connectivity index (χ0) is 18.8. The zero-order valence-corrected chi connectivity index (χ0v) is 14.8. The molecular weight excluding hydrogens is 353 g/mol. The summed E-state index contributed by atoms with van der Waals surface area (Å²) in [6.07, 6.45) is 0.764. The van der Waals surface area contributed by atoms with Gasteiger partial charge in [0.1, 0.15) is 5.82 Å². The van der Waals surface area contributed by atoms with E-state index in [1.807, 2.05) is 0 Å². The van der Waals surface area contributed by atoms with Gasteiger partial charge in [0, 0.05) is 12.6 Å². The Morgan fingerprint density at radius 3 is 2.64 bits per heavy atom. The highest BCUT2D eigenvalue weighted by Gasteiger charge is 2.39. The molecule has 2 rings (SSSR count). The van der Waals surface area contributed by atoms with Gasteiger partial charge in [0.05, 0.1) is 23.0 Å². The Labute approximate surface area is 145 Å². The average molecular weight is 373 g/mol. The summed E-state index contributed by atoms with van der Waals surface area (Å²) in [4.78, 5) is 22.7. The van der Waals surface area contributed by atoms with E-state index < -0.39 is 44.6 Å². The van der Waals surface area contributed by atoms with Gasteiger partial charge < -0.3 is 9.84 Å². The molecule has 2 atom stereocenters. The van der Waals surface area contributed by atoms with E-state index >= 15 is 0 Å². The van der Waals surface area contributed by atoms with E-state index in [1.165, 1.54) is 6.92 Å². The maximum Gasteiger partial charge on any atom is 0.338 e. The van der Waals surface area contributed by atoms with Gasteiger partial charge in [-0.1, -0.05) is 0 Å². The molecule has 0 spiro atoms. The number of piperidine rings is 1. The van der Waals surface area contributed by atoms with Crippen LogP contribution in [0.5, 0.6) is 0 Å². The van der Waals surface area contributed by atoms with Crippen molar-refractivity contribution in [2.45, 2.75) is 37.6 Å². The summed E-state index contributed by atoms with van der Waals surface area (Å²) in [5.74, 6) is -3.61. The number of rotatable bonds is 5. The fraction of sp³-hybridized carbons (Fsp3) is 0.500. The van der Waals surface area contributed by atoms with Crippen LogP contribution in [0.15, 0.2) is 23.1 Å². The van der Waals surface area contributed by atoms with Crippen molar-refractivity contribution in [3.05, 3.63) is 29.6 Å². The summed E-state index contributed by atoms with van der Waals surface area (Å²) in [5, 5.41) is 9.24. The van der Waals surface area contributed by atoms with Crippen LogP contribution in [-0.4, -0.2) is 49.0 Å². The first-order valence-electron chi connectivity index (χ1n) is 7.90. The highest BCUT2D eigenvalue weighted by Crippen LogP contribution is 2.30. The summed E-state index contributed by atoms with van der Waals surface area (Å²) < 4.78 is 45.4. The van der Waals surface area contributed by atoms with E-state index in [1.54, 1.807) is 6.92 Å². The highest BCUT2D eigenvalue weighted by atomic mass is 32.2. The maximum atomic E-state index is 13.8. The second-order valence-electron chi connectivity index (χ2n) is 5.84. The molecule has 1 heterocycles. The van der Waals surface area contributed by atoms with Crippen molar-refractivity contribution >= 4 is 22.0 Å². The number of esters is 1. The molecule has 0 aliphatic carbocycles. The van der Waals surface area contributed by atoms with Crippen molar-refractivity contribution in [3.8, 4) is 0 Å². The number of ether oxygens (including phenoxy) is 1. The number of hydrogen-bond acceptors (Lipinski definition) is 5. The van der Waals surface area contributed by atoms with E-state index in [9.17, 15) is 27.5 Å². The topological polar surface area (TPSA) is 101 Å². The molecule has 0 unspecified atom stereocenters. The SMILES string of the molecule is CCOC(=O)c1cc(F)cc(S(=O)(=O)N2CCC[C@H](C(=O)O)[C@@H]2C)c1. The van der Waals surface area contributed by atoms with E-state index in [0.29, 0.717) is 12.8 Å². The first-order valence-corrected chi connectivity index (χ1v) is 9.34. The lowest BCUT2D eigenvalue weighted by atomic mass is 9.92. The van der Waals surface area contributed by atoms with Crippen molar-refractivity contribution in [2.75, 3.05) is 13.2 Å². The van der Waals surface area contributed by atoms with Crippen LogP contribution in [-0.2, 0) is 19.6 Å². The van der Waals surface area contributed by atoms with Gasteiger partial charge in [-0.05, 0) is 44.9 Å². The molecule has 0 amide bonds. The van der Waals surface area contributed by atoms with E-state index in [4.69, 9.17) is 4.74 Å². The second kappa shape index (κ2) is 7.49. The van der Waals surface area contributed by atoms with Gasteiger partial charge >= 0.3 is 11.9 Å². The van der Waals surface area contributed by atoms with Crippen LogP contribution >= 0.6 is 0 Å². The maximum absolute atomic E-state index is 13.8. The smallest absolute Gasteiger partial charge is 0.338 e. The third kappa shape index (κ3) is 3.98. The van der Waals surface area contributed by atoms with Crippen molar-refractivity contribution in [1.29, 1.82) is 0 Å². The summed E-state index contributed by atoms with van der Waals surface area (Å²) in [6.45, 7) is 3.30. The number of carbonyl (C=O) groups excluding carboxylic acids is 1. The molecule has 1 aliphatic heterocycles. The lowest BCUT2D eigenvalue weighted by Crippen LogP contribution is -2.49. The van der Waals surface area contributed by atoms with Crippen molar-refractivity contribution in [3.63, 3.8) is 0 Å². The highest BCUT2D eigenvalue weighted by molar-refractivity contribution is 7.89. The van der Waals surface area contributed by atoms with E-state index in [0.717, 1.165) is 22.5 Å². The Balaban J connectivity index is 2.42. The molecule has 9 heteroatoms. The van der Waals surface area contributed by atoms with Crippen LogP contribution in [0.1, 0.15) is 37.0 Å². The average Bonchev–Trinajstić information content (AvgIpc) is 2.54. The number of benzene rings is 1. The van der Waals surface area contributed by atoms with Crippen LogP contribution in [0.4, 0.5) is 4.39 Å². The van der Waals surface area contributed by atoms with Gasteiger partial charge in [0.2, 0.25) is 10.0 Å². The molecule has 0 radical (unpaired) electrons. The van der Waals surface area contributed by atoms with Gasteiger partial charge in [0.25, 0.3) is 0 Å². The molecule has 1 aromatic carbocycles. The Morgan fingerprint density at radius 1 is 1.36 bits per heavy atom. The van der Waals surface area contributed by atoms with Gasteiger partial charge in [-0.2, -0.15) is 4.31 Å². The van der Waals surface area contributed by atoms with Gasteiger partial charge in [-0.3, -0.25) is 4.79 Å². The molecule has 1 saturated heterocycles. The number of carboxylic acid groups (broad SMARTS) is 1. The number of halogens is 1. The van der Waals surface area contributed by atoms with Crippen LogP contribution < -0.4 is 0 Å². The summed E-state index contributed by atoms with van der Waals surface area (Å²) in [7, 11) is -4.15. The summed E-state index contributed by atoms with van der Waals surface area (Å²) in [6, 6.07) is 1.99. The lowest BCUT2D eigenvalue weighted by molar-refractivity contribution is -0.144. The van der Waals surface area contributed by atoms with E-state index in [2.05, 4.69) is 0 Å². The molecule has 0 saturated carbocycles. The van der Waals surface area contributed by atoms with Crippen LogP contribution in [0, 0.1) is 11.7 Å². The molecule has 25 heavy (non-hydrogen) atoms. The Bertz CT molecular complexity index is 779. The molecule has 7 nitrogen and oxygen atoms in total. The second-order valence-corrected chi connectivity index (χ2v) is 7.73. The fourth-order valence-corrected chi connectivity index (χ4v) is 4.72. The minimum atomic E-state index is -4.15. The predicted molar refractivity (Wildman–Crippen MR) is 86.1 cm³/mol. The largest absolute Gasteiger partial charge is 0.481 e. The first-order chi connectivity index (χ1) is 11.7. The number of nitrogens with zero attached hydrogens (tertiary/aromatic N) is 1. The molecule has 0 aromatic heterocycles. The lowest BCUT2D eigenvalue weighted by Gasteiger charge is -2.36. The first kappa shape index (κ1) is 19.3. The molecule has 1 aliphatic rings. The van der Waals surface area contributed by atoms with Gasteiger partial charge in [-0.25, -0.2) is 17.6 Å². The number of carbonyl (C=O) groups is 2. The third-order valence-electron chi connectivity index (χ3n) is 4.24. The molecule has 0 bridgehead atoms. The minimum absolute atomic E-state index is 0.0703. The number of sulfonamides is 1. The normalized spacial score (nSPS) is 21.7. The number of hydrogen-bond donors (Lipinski definition) is 1. The molecular formula is C16H20FNO6S. The quantitative estimate of drug-likeness (QED) is 0.791. The van der Waals surface area contributed by atoms with Crippen LogP contribution in [0.25, 0.3) is 0 Å². The van der Waals surface area contributed by atoms with Crippen molar-refractivity contribution in [2.24, 2.45) is 5.92 Å². The van der Waals surface area contributed by atoms with Crippen molar-refractivity contribution in [1.82, 2.24) is 4.31 Å². The number of aliphatic carboxylic acids is 1. The Morgan fingerprint density at radius 2 is 2.04 bits per heavy atom. The van der Waals surface area contributed by atoms with Gasteiger partial charge in [0.15, 0.2) is 0 Å². The van der Waals surface area contributed by atoms with Crippen LogP contribution in [0.2, 0.25) is 0 Å². The number of carboxylic acids is 1. The molecule has 1 aromatic rings. The fourth-order valence-electron chi connectivity index (χ4n) is 2.96. The Hall–Kier alpha value is -2.00. The summed E-state index contributed by atoms with van der Waals surface area (Å²) >= 11 is 0. The molecule has 1 N–H and O–H groups in total. The molecule has 1 fully saturated rings. The Kier molecular flexibility index (Phi) is 5.79. The monoisotopic (exact) mass is 373 g/mol. The predicted octanol–water partition coefficient (Wildman–Crippen LogP) is 1.88. The molecule has 138 valence electrons.